The number of benzene rings is 1. The van der Waals surface area contributed by atoms with Gasteiger partial charge in [0.15, 0.2) is 0 Å². The van der Waals surface area contributed by atoms with E-state index in [2.05, 4.69) is 10.6 Å². The summed E-state index contributed by atoms with van der Waals surface area (Å²) in [6, 6.07) is 5.61. The zero-order valence-corrected chi connectivity index (χ0v) is 12.2. The number of methoxy groups -OCH3 is 3. The summed E-state index contributed by atoms with van der Waals surface area (Å²) in [5.74, 6) is 1.40. The van der Waals surface area contributed by atoms with Crippen LogP contribution in [0.25, 0.3) is 0 Å². The fraction of sp³-hybridized carbons (Fsp3) is 0.500. The van der Waals surface area contributed by atoms with Crippen LogP contribution in [0.5, 0.6) is 11.5 Å². The summed E-state index contributed by atoms with van der Waals surface area (Å²) in [4.78, 5) is 11.5. The molecule has 0 aromatic heterocycles. The summed E-state index contributed by atoms with van der Waals surface area (Å²) in [6.07, 6.45) is 0. The van der Waals surface area contributed by atoms with Gasteiger partial charge in [-0.1, -0.05) is 0 Å². The number of carbonyl (C=O) groups is 1. The number of nitrogens with one attached hydrogen (secondary N) is 2. The third kappa shape index (κ3) is 5.90. The van der Waals surface area contributed by atoms with E-state index in [1.807, 2.05) is 12.1 Å². The van der Waals surface area contributed by atoms with Crippen molar-refractivity contribution in [2.24, 2.45) is 0 Å². The first kappa shape index (κ1) is 16.3. The molecule has 0 radical (unpaired) electrons. The second kappa shape index (κ2) is 9.17. The Balaban J connectivity index is 2.39. The normalized spacial score (nSPS) is 10.2. The van der Waals surface area contributed by atoms with Crippen molar-refractivity contribution in [3.63, 3.8) is 0 Å². The maximum Gasteiger partial charge on any atom is 0.234 e. The van der Waals surface area contributed by atoms with Crippen molar-refractivity contribution < 1.29 is 19.0 Å². The smallest absolute Gasteiger partial charge is 0.234 e. The third-order valence-electron chi connectivity index (χ3n) is 2.65. The lowest BCUT2D eigenvalue weighted by molar-refractivity contribution is -0.120. The molecule has 0 saturated carbocycles. The van der Waals surface area contributed by atoms with Gasteiger partial charge in [0, 0.05) is 26.3 Å². The van der Waals surface area contributed by atoms with Crippen molar-refractivity contribution in [1.82, 2.24) is 10.6 Å². The molecule has 1 amide bonds. The van der Waals surface area contributed by atoms with Gasteiger partial charge >= 0.3 is 0 Å². The molecule has 112 valence electrons. The van der Waals surface area contributed by atoms with Crippen LogP contribution in [0.15, 0.2) is 18.2 Å². The molecule has 1 aromatic rings. The summed E-state index contributed by atoms with van der Waals surface area (Å²) in [6.45, 7) is 1.84. The highest BCUT2D eigenvalue weighted by molar-refractivity contribution is 5.77. The van der Waals surface area contributed by atoms with Gasteiger partial charge in [0.2, 0.25) is 5.91 Å². The number of hydrogen-bond acceptors (Lipinski definition) is 5. The van der Waals surface area contributed by atoms with E-state index in [1.54, 1.807) is 27.4 Å². The van der Waals surface area contributed by atoms with Crippen molar-refractivity contribution in [3.05, 3.63) is 23.8 Å². The van der Waals surface area contributed by atoms with Crippen molar-refractivity contribution in [1.29, 1.82) is 0 Å². The molecule has 0 aliphatic carbocycles. The van der Waals surface area contributed by atoms with Crippen LogP contribution >= 0.6 is 0 Å². The monoisotopic (exact) mass is 282 g/mol. The van der Waals surface area contributed by atoms with Gasteiger partial charge in [-0.3, -0.25) is 4.79 Å². The Hall–Kier alpha value is -1.79. The van der Waals surface area contributed by atoms with Crippen LogP contribution in [-0.4, -0.2) is 46.9 Å². The van der Waals surface area contributed by atoms with Crippen molar-refractivity contribution >= 4 is 5.91 Å². The molecular formula is C14H22N2O4. The molecule has 0 atom stereocenters. The number of amides is 1. The highest BCUT2D eigenvalue weighted by Crippen LogP contribution is 2.22. The molecule has 6 nitrogen and oxygen atoms in total. The first-order valence-electron chi connectivity index (χ1n) is 6.38. The second-order valence-corrected chi connectivity index (χ2v) is 4.17. The molecule has 2 N–H and O–H groups in total. The molecule has 1 rings (SSSR count). The molecule has 6 heteroatoms. The average Bonchev–Trinajstić information content (AvgIpc) is 2.47. The van der Waals surface area contributed by atoms with E-state index < -0.39 is 0 Å². The van der Waals surface area contributed by atoms with Crippen molar-refractivity contribution in [2.75, 3.05) is 41.0 Å². The maximum absolute atomic E-state index is 11.5. The van der Waals surface area contributed by atoms with E-state index in [1.165, 1.54) is 0 Å². The van der Waals surface area contributed by atoms with Crippen LogP contribution in [0, 0.1) is 0 Å². The van der Waals surface area contributed by atoms with Gasteiger partial charge in [-0.05, 0) is 17.7 Å². The molecule has 0 saturated heterocycles. The van der Waals surface area contributed by atoms with Crippen molar-refractivity contribution in [3.8, 4) is 11.5 Å². The van der Waals surface area contributed by atoms with Gasteiger partial charge in [-0.25, -0.2) is 0 Å². The fourth-order valence-electron chi connectivity index (χ4n) is 1.64. The van der Waals surface area contributed by atoms with Crippen molar-refractivity contribution in [2.45, 2.75) is 6.54 Å². The van der Waals surface area contributed by atoms with E-state index in [0.717, 1.165) is 17.1 Å². The van der Waals surface area contributed by atoms with Gasteiger partial charge in [0.05, 0.1) is 27.4 Å². The summed E-state index contributed by atoms with van der Waals surface area (Å²) in [7, 11) is 4.81. The largest absolute Gasteiger partial charge is 0.497 e. The standard InChI is InChI=1S/C14H22N2O4/c1-18-5-4-16-14(17)10-15-9-11-6-12(19-2)8-13(7-11)20-3/h6-8,15H,4-5,9-10H2,1-3H3,(H,16,17). The summed E-state index contributed by atoms with van der Waals surface area (Å²) < 4.78 is 15.2. The number of ether oxygens (including phenoxy) is 3. The quantitative estimate of drug-likeness (QED) is 0.648. The zero-order chi connectivity index (χ0) is 14.8. The summed E-state index contributed by atoms with van der Waals surface area (Å²) in [5.41, 5.74) is 0.992. The highest BCUT2D eigenvalue weighted by Gasteiger charge is 2.03. The summed E-state index contributed by atoms with van der Waals surface area (Å²) in [5, 5.41) is 5.81. The molecule has 0 spiro atoms. The molecule has 0 aliphatic heterocycles. The second-order valence-electron chi connectivity index (χ2n) is 4.17. The van der Waals surface area contributed by atoms with Crippen LogP contribution in [-0.2, 0) is 16.1 Å². The first-order chi connectivity index (χ1) is 9.69. The molecular weight excluding hydrogens is 260 g/mol. The van der Waals surface area contributed by atoms with Gasteiger partial charge in [0.1, 0.15) is 11.5 Å². The van der Waals surface area contributed by atoms with E-state index in [0.29, 0.717) is 19.7 Å². The Bertz CT molecular complexity index is 401. The van der Waals surface area contributed by atoms with Gasteiger partial charge < -0.3 is 24.8 Å². The molecule has 0 heterocycles. The van der Waals surface area contributed by atoms with Crippen LogP contribution in [0.3, 0.4) is 0 Å². The average molecular weight is 282 g/mol. The van der Waals surface area contributed by atoms with Crippen LogP contribution < -0.4 is 20.1 Å². The SMILES string of the molecule is COCCNC(=O)CNCc1cc(OC)cc(OC)c1. The summed E-state index contributed by atoms with van der Waals surface area (Å²) >= 11 is 0. The van der Waals surface area contributed by atoms with Gasteiger partial charge in [0.25, 0.3) is 0 Å². The Kier molecular flexibility index (Phi) is 7.46. The van der Waals surface area contributed by atoms with Gasteiger partial charge in [-0.2, -0.15) is 0 Å². The number of carbonyl (C=O) groups excluding carboxylic acids is 1. The lowest BCUT2D eigenvalue weighted by Gasteiger charge is -2.09. The zero-order valence-electron chi connectivity index (χ0n) is 12.2. The van der Waals surface area contributed by atoms with E-state index >= 15 is 0 Å². The Morgan fingerprint density at radius 2 is 1.75 bits per heavy atom. The van der Waals surface area contributed by atoms with E-state index in [4.69, 9.17) is 14.2 Å². The lowest BCUT2D eigenvalue weighted by atomic mass is 10.2. The Labute approximate surface area is 119 Å². The number of rotatable bonds is 9. The number of hydrogen-bond donors (Lipinski definition) is 2. The van der Waals surface area contributed by atoms with Gasteiger partial charge in [-0.15, -0.1) is 0 Å². The molecule has 1 aromatic carbocycles. The molecule has 0 bridgehead atoms. The molecule has 0 unspecified atom stereocenters. The minimum absolute atomic E-state index is 0.0584. The predicted octanol–water partition coefficient (Wildman–Crippen LogP) is 0.556. The molecule has 0 aliphatic rings. The lowest BCUT2D eigenvalue weighted by Crippen LogP contribution is -2.35. The Morgan fingerprint density at radius 3 is 2.30 bits per heavy atom. The minimum atomic E-state index is -0.0584. The van der Waals surface area contributed by atoms with E-state index in [-0.39, 0.29) is 12.5 Å². The van der Waals surface area contributed by atoms with Crippen LogP contribution in [0.4, 0.5) is 0 Å². The molecule has 20 heavy (non-hydrogen) atoms. The minimum Gasteiger partial charge on any atom is -0.497 e. The maximum atomic E-state index is 11.5. The Morgan fingerprint density at radius 1 is 1.10 bits per heavy atom. The predicted molar refractivity (Wildman–Crippen MR) is 76.1 cm³/mol. The topological polar surface area (TPSA) is 68.8 Å². The third-order valence-corrected chi connectivity index (χ3v) is 2.65. The fourth-order valence-corrected chi connectivity index (χ4v) is 1.64. The highest BCUT2D eigenvalue weighted by atomic mass is 16.5. The van der Waals surface area contributed by atoms with Crippen LogP contribution in [0.1, 0.15) is 5.56 Å². The van der Waals surface area contributed by atoms with Crippen LogP contribution in [0.2, 0.25) is 0 Å². The molecule has 0 fully saturated rings. The first-order valence-corrected chi connectivity index (χ1v) is 6.38. The van der Waals surface area contributed by atoms with E-state index in [9.17, 15) is 4.79 Å².